The number of rotatable bonds is 0. The Kier molecular flexibility index (Phi) is 1.83. The van der Waals surface area contributed by atoms with E-state index in [0.29, 0.717) is 5.69 Å². The van der Waals surface area contributed by atoms with Crippen LogP contribution in [-0.2, 0) is 7.05 Å². The van der Waals surface area contributed by atoms with Crippen LogP contribution in [0.15, 0.2) is 6.33 Å². The summed E-state index contributed by atoms with van der Waals surface area (Å²) in [6.45, 7) is 4.00. The van der Waals surface area contributed by atoms with Crippen molar-refractivity contribution < 1.29 is 4.79 Å². The molecule has 82 valence electrons. The van der Waals surface area contributed by atoms with Gasteiger partial charge in [-0.25, -0.2) is 4.98 Å². The van der Waals surface area contributed by atoms with Gasteiger partial charge in [-0.3, -0.25) is 4.79 Å². The second-order valence-electron chi connectivity index (χ2n) is 4.45. The summed E-state index contributed by atoms with van der Waals surface area (Å²) in [5.74, 6) is 0.777. The van der Waals surface area contributed by atoms with Crippen LogP contribution >= 0.6 is 0 Å². The second kappa shape index (κ2) is 2.74. The smallest absolute Gasteiger partial charge is 0.275 e. The molecule has 1 aliphatic rings. The minimum absolute atomic E-state index is 0.0214. The molecule has 1 aromatic rings. The number of nitrogens with zero attached hydrogens (tertiary/aromatic N) is 4. The summed E-state index contributed by atoms with van der Waals surface area (Å²) < 4.78 is 1.76. The number of hydrogen-bond acceptors (Lipinski definition) is 3. The highest BCUT2D eigenvalue weighted by molar-refractivity contribution is 5.99. The SMILES string of the molecule is CN1C(=O)c2c(ncn2C)N(C)C1(C)C. The van der Waals surface area contributed by atoms with E-state index in [1.807, 2.05) is 39.9 Å². The van der Waals surface area contributed by atoms with E-state index in [1.165, 1.54) is 0 Å². The molecule has 1 aromatic heterocycles. The van der Waals surface area contributed by atoms with Crippen molar-refractivity contribution in [2.75, 3.05) is 19.0 Å². The van der Waals surface area contributed by atoms with Crippen molar-refractivity contribution in [3.63, 3.8) is 0 Å². The first kappa shape index (κ1) is 10.0. The van der Waals surface area contributed by atoms with E-state index < -0.39 is 0 Å². The number of fused-ring (bicyclic) bond motifs is 1. The van der Waals surface area contributed by atoms with Gasteiger partial charge in [0, 0.05) is 21.1 Å². The topological polar surface area (TPSA) is 41.4 Å². The average Bonchev–Trinajstić information content (AvgIpc) is 2.55. The van der Waals surface area contributed by atoms with Gasteiger partial charge < -0.3 is 14.4 Å². The lowest BCUT2D eigenvalue weighted by Crippen LogP contribution is -2.59. The third kappa shape index (κ3) is 1.09. The normalized spacial score (nSPS) is 19.4. The quantitative estimate of drug-likeness (QED) is 0.629. The number of carbonyl (C=O) groups excluding carboxylic acids is 1. The fourth-order valence-electron chi connectivity index (χ4n) is 1.80. The predicted molar refractivity (Wildman–Crippen MR) is 57.8 cm³/mol. The van der Waals surface area contributed by atoms with Gasteiger partial charge >= 0.3 is 0 Å². The molecule has 1 aliphatic heterocycles. The Morgan fingerprint density at radius 2 is 1.80 bits per heavy atom. The first-order valence-corrected chi connectivity index (χ1v) is 4.90. The van der Waals surface area contributed by atoms with Crippen LogP contribution in [-0.4, -0.2) is 40.1 Å². The molecule has 0 aromatic carbocycles. The zero-order chi connectivity index (χ0) is 11.4. The summed E-state index contributed by atoms with van der Waals surface area (Å²) >= 11 is 0. The molecule has 0 unspecified atom stereocenters. The standard InChI is InChI=1S/C10H16N4O/c1-10(2)13(4)8-7(9(15)14(10)5)12(3)6-11-8/h6H,1-5H3. The number of aryl methyl sites for hydroxylation is 1. The van der Waals surface area contributed by atoms with Gasteiger partial charge in [-0.15, -0.1) is 0 Å². The summed E-state index contributed by atoms with van der Waals surface area (Å²) in [4.78, 5) is 20.1. The highest BCUT2D eigenvalue weighted by atomic mass is 16.2. The van der Waals surface area contributed by atoms with Gasteiger partial charge in [0.1, 0.15) is 5.66 Å². The van der Waals surface area contributed by atoms with Gasteiger partial charge in [0.15, 0.2) is 11.5 Å². The summed E-state index contributed by atoms with van der Waals surface area (Å²) in [6, 6.07) is 0. The number of imidazole rings is 1. The molecule has 0 saturated heterocycles. The molecule has 0 bridgehead atoms. The van der Waals surface area contributed by atoms with Crippen LogP contribution in [0.25, 0.3) is 0 Å². The largest absolute Gasteiger partial charge is 0.335 e. The van der Waals surface area contributed by atoms with Crippen LogP contribution in [0.1, 0.15) is 24.3 Å². The number of anilines is 1. The molecule has 1 amide bonds. The Labute approximate surface area is 89.3 Å². The van der Waals surface area contributed by atoms with Crippen molar-refractivity contribution in [3.8, 4) is 0 Å². The van der Waals surface area contributed by atoms with Crippen molar-refractivity contribution in [3.05, 3.63) is 12.0 Å². The predicted octanol–water partition coefficient (Wildman–Crippen LogP) is 0.678. The van der Waals surface area contributed by atoms with Gasteiger partial charge in [0.05, 0.1) is 6.33 Å². The Balaban J connectivity index is 2.64. The number of hydrogen-bond donors (Lipinski definition) is 0. The Morgan fingerprint density at radius 1 is 1.20 bits per heavy atom. The van der Waals surface area contributed by atoms with E-state index in [0.717, 1.165) is 5.82 Å². The first-order valence-electron chi connectivity index (χ1n) is 4.90. The van der Waals surface area contributed by atoms with Crippen molar-refractivity contribution >= 4 is 11.7 Å². The Hall–Kier alpha value is -1.52. The molecule has 5 nitrogen and oxygen atoms in total. The van der Waals surface area contributed by atoms with E-state index in [1.54, 1.807) is 15.8 Å². The fraction of sp³-hybridized carbons (Fsp3) is 0.600. The number of carbonyl (C=O) groups is 1. The van der Waals surface area contributed by atoms with Gasteiger partial charge in [0.25, 0.3) is 5.91 Å². The lowest BCUT2D eigenvalue weighted by atomic mass is 10.1. The zero-order valence-electron chi connectivity index (χ0n) is 9.77. The molecular formula is C10H16N4O. The maximum Gasteiger partial charge on any atom is 0.275 e. The monoisotopic (exact) mass is 208 g/mol. The Morgan fingerprint density at radius 3 is 2.40 bits per heavy atom. The van der Waals surface area contributed by atoms with Gasteiger partial charge in [-0.05, 0) is 13.8 Å². The average molecular weight is 208 g/mol. The Bertz CT molecular complexity index is 421. The molecule has 0 radical (unpaired) electrons. The second-order valence-corrected chi connectivity index (χ2v) is 4.45. The van der Waals surface area contributed by atoms with Crippen molar-refractivity contribution in [1.29, 1.82) is 0 Å². The van der Waals surface area contributed by atoms with Crippen LogP contribution in [0.3, 0.4) is 0 Å². The van der Waals surface area contributed by atoms with Crippen LogP contribution in [0, 0.1) is 0 Å². The van der Waals surface area contributed by atoms with E-state index in [-0.39, 0.29) is 11.6 Å². The molecule has 0 aliphatic carbocycles. The lowest BCUT2D eigenvalue weighted by Gasteiger charge is -2.46. The van der Waals surface area contributed by atoms with Crippen molar-refractivity contribution in [2.45, 2.75) is 19.5 Å². The van der Waals surface area contributed by atoms with Crippen LogP contribution in [0.5, 0.6) is 0 Å². The minimum Gasteiger partial charge on any atom is -0.335 e. The summed E-state index contributed by atoms with van der Waals surface area (Å²) in [6.07, 6.45) is 1.67. The van der Waals surface area contributed by atoms with E-state index >= 15 is 0 Å². The third-order valence-corrected chi connectivity index (χ3v) is 3.38. The van der Waals surface area contributed by atoms with Gasteiger partial charge in [-0.1, -0.05) is 0 Å². The molecule has 15 heavy (non-hydrogen) atoms. The molecule has 0 spiro atoms. The number of aromatic nitrogens is 2. The van der Waals surface area contributed by atoms with E-state index in [2.05, 4.69) is 4.98 Å². The van der Waals surface area contributed by atoms with Gasteiger partial charge in [-0.2, -0.15) is 0 Å². The zero-order valence-corrected chi connectivity index (χ0v) is 9.77. The molecule has 2 heterocycles. The van der Waals surface area contributed by atoms with Crippen LogP contribution in [0.4, 0.5) is 5.82 Å². The maximum absolute atomic E-state index is 12.1. The van der Waals surface area contributed by atoms with E-state index in [4.69, 9.17) is 0 Å². The van der Waals surface area contributed by atoms with Gasteiger partial charge in [0.2, 0.25) is 0 Å². The fourth-order valence-corrected chi connectivity index (χ4v) is 1.80. The summed E-state index contributed by atoms with van der Waals surface area (Å²) in [7, 11) is 5.60. The summed E-state index contributed by atoms with van der Waals surface area (Å²) in [5.41, 5.74) is 0.317. The maximum atomic E-state index is 12.1. The molecule has 0 fully saturated rings. The highest BCUT2D eigenvalue weighted by Gasteiger charge is 2.41. The molecule has 5 heteroatoms. The number of amides is 1. The molecule has 0 atom stereocenters. The van der Waals surface area contributed by atoms with Crippen molar-refractivity contribution in [2.24, 2.45) is 7.05 Å². The molecular weight excluding hydrogens is 192 g/mol. The van der Waals surface area contributed by atoms with Crippen LogP contribution in [0.2, 0.25) is 0 Å². The van der Waals surface area contributed by atoms with Crippen molar-refractivity contribution in [1.82, 2.24) is 14.5 Å². The molecule has 0 saturated carbocycles. The third-order valence-electron chi connectivity index (χ3n) is 3.38. The first-order chi connectivity index (χ1) is 6.87. The highest BCUT2D eigenvalue weighted by Crippen LogP contribution is 2.32. The van der Waals surface area contributed by atoms with E-state index in [9.17, 15) is 4.79 Å². The minimum atomic E-state index is -0.335. The molecule has 0 N–H and O–H groups in total. The summed E-state index contributed by atoms with van der Waals surface area (Å²) in [5, 5.41) is 0. The lowest BCUT2D eigenvalue weighted by molar-refractivity contribution is 0.0587. The van der Waals surface area contributed by atoms with Crippen LogP contribution < -0.4 is 4.90 Å². The molecule has 2 rings (SSSR count).